The number of unbranched alkanes of at least 4 members (excludes halogenated alkanes) is 1. The Hall–Kier alpha value is -2.09. The first-order chi connectivity index (χ1) is 13.8. The zero-order valence-electron chi connectivity index (χ0n) is 15.9. The van der Waals surface area contributed by atoms with E-state index in [1.807, 2.05) is 32.0 Å². The number of rotatable bonds is 8. The van der Waals surface area contributed by atoms with Crippen LogP contribution in [0.5, 0.6) is 5.75 Å². The van der Waals surface area contributed by atoms with E-state index in [2.05, 4.69) is 10.5 Å². The van der Waals surface area contributed by atoms with Crippen LogP contribution in [0.1, 0.15) is 32.3 Å². The summed E-state index contributed by atoms with van der Waals surface area (Å²) >= 11 is 13.3. The molecule has 29 heavy (non-hydrogen) atoms. The fourth-order valence-electron chi connectivity index (χ4n) is 2.68. The quantitative estimate of drug-likeness (QED) is 0.209. The van der Waals surface area contributed by atoms with E-state index in [1.165, 1.54) is 0 Å². The summed E-state index contributed by atoms with van der Waals surface area (Å²) in [6.45, 7) is 4.10. The molecule has 1 aliphatic heterocycles. The van der Waals surface area contributed by atoms with Crippen LogP contribution in [0.25, 0.3) is 0 Å². The predicted octanol–water partition coefficient (Wildman–Crippen LogP) is 6.66. The average Bonchev–Trinajstić information content (AvgIpc) is 2.66. The second kappa shape index (κ2) is 9.61. The SMILES string of the molecule is CC1(C)OC(=O)Nc2c(Cl)cc(OCCCC=NOSc3ccc(Cl)cc3)cc21. The van der Waals surface area contributed by atoms with Gasteiger partial charge in [-0.2, -0.15) is 0 Å². The Kier molecular flexibility index (Phi) is 7.16. The Morgan fingerprint density at radius 1 is 1.24 bits per heavy atom. The van der Waals surface area contributed by atoms with E-state index >= 15 is 0 Å². The lowest BCUT2D eigenvalue weighted by Crippen LogP contribution is -2.34. The summed E-state index contributed by atoms with van der Waals surface area (Å²) in [5.74, 6) is 0.619. The lowest BCUT2D eigenvalue weighted by molar-refractivity contribution is 0.0418. The van der Waals surface area contributed by atoms with Crippen LogP contribution in [0.2, 0.25) is 10.0 Å². The number of nitrogens with zero attached hydrogens (tertiary/aromatic N) is 1. The number of carbonyl (C=O) groups excluding carboxylic acids is 1. The number of hydrogen-bond acceptors (Lipinski definition) is 6. The Bertz CT molecular complexity index is 904. The minimum atomic E-state index is -0.785. The molecule has 1 heterocycles. The number of halogens is 2. The molecule has 0 aromatic heterocycles. The van der Waals surface area contributed by atoms with Crippen LogP contribution in [0.3, 0.4) is 0 Å². The minimum absolute atomic E-state index is 0.413. The molecule has 0 saturated carbocycles. The molecular weight excluding hydrogens is 435 g/mol. The Morgan fingerprint density at radius 2 is 2.00 bits per heavy atom. The van der Waals surface area contributed by atoms with Crippen LogP contribution in [0.15, 0.2) is 46.4 Å². The van der Waals surface area contributed by atoms with Gasteiger partial charge >= 0.3 is 6.09 Å². The van der Waals surface area contributed by atoms with Crippen molar-refractivity contribution >= 4 is 53.2 Å². The first-order valence-electron chi connectivity index (χ1n) is 8.93. The molecule has 0 spiro atoms. The maximum Gasteiger partial charge on any atom is 0.412 e. The van der Waals surface area contributed by atoms with Gasteiger partial charge in [0.1, 0.15) is 23.4 Å². The number of anilines is 1. The number of fused-ring (bicyclic) bond motifs is 1. The smallest absolute Gasteiger partial charge is 0.412 e. The van der Waals surface area contributed by atoms with Crippen molar-refractivity contribution in [1.29, 1.82) is 0 Å². The Morgan fingerprint density at radius 3 is 2.76 bits per heavy atom. The van der Waals surface area contributed by atoms with Gasteiger partial charge in [-0.3, -0.25) is 5.32 Å². The molecular formula is C20H20Cl2N2O4S. The second-order valence-corrected chi connectivity index (χ2v) is 8.37. The summed E-state index contributed by atoms with van der Waals surface area (Å²) in [7, 11) is 0. The van der Waals surface area contributed by atoms with Crippen LogP contribution in [-0.4, -0.2) is 18.9 Å². The van der Waals surface area contributed by atoms with Gasteiger partial charge in [0.05, 0.1) is 22.2 Å². The van der Waals surface area contributed by atoms with Gasteiger partial charge in [-0.1, -0.05) is 28.4 Å². The van der Waals surface area contributed by atoms with E-state index in [4.69, 9.17) is 37.0 Å². The van der Waals surface area contributed by atoms with Crippen LogP contribution >= 0.6 is 35.2 Å². The number of ether oxygens (including phenoxy) is 2. The summed E-state index contributed by atoms with van der Waals surface area (Å²) < 4.78 is 16.3. The summed E-state index contributed by atoms with van der Waals surface area (Å²) in [5.41, 5.74) is 0.545. The van der Waals surface area contributed by atoms with Crippen molar-refractivity contribution in [1.82, 2.24) is 0 Å². The van der Waals surface area contributed by atoms with Gasteiger partial charge in [0.2, 0.25) is 0 Å². The molecule has 0 aliphatic carbocycles. The molecule has 1 amide bonds. The van der Waals surface area contributed by atoms with Gasteiger partial charge < -0.3 is 13.8 Å². The van der Waals surface area contributed by atoms with Gasteiger partial charge in [0.15, 0.2) is 0 Å². The molecule has 6 nitrogen and oxygen atoms in total. The van der Waals surface area contributed by atoms with E-state index in [-0.39, 0.29) is 0 Å². The lowest BCUT2D eigenvalue weighted by atomic mass is 9.94. The number of carbonyl (C=O) groups is 1. The third-order valence-electron chi connectivity index (χ3n) is 4.10. The molecule has 0 atom stereocenters. The topological polar surface area (TPSA) is 69.2 Å². The van der Waals surface area contributed by atoms with Crippen molar-refractivity contribution in [3.05, 3.63) is 52.0 Å². The number of cyclic esters (lactones) is 1. The lowest BCUT2D eigenvalue weighted by Gasteiger charge is -2.33. The standard InChI is InChI=1S/C20H20Cl2N2O4S/c1-20(2)16-11-14(12-17(22)18(16)24-19(25)27-20)26-10-4-3-9-23-28-29-15-7-5-13(21)6-8-15/h5-9,11-12H,3-4,10H2,1-2H3,(H,24,25). The average molecular weight is 455 g/mol. The Balaban J connectivity index is 1.43. The van der Waals surface area contributed by atoms with E-state index < -0.39 is 11.7 Å². The molecule has 1 aliphatic rings. The van der Waals surface area contributed by atoms with Gasteiger partial charge in [-0.25, -0.2) is 4.79 Å². The molecule has 0 saturated heterocycles. The molecule has 0 fully saturated rings. The number of oxime groups is 1. The number of benzene rings is 2. The van der Waals surface area contributed by atoms with E-state index in [9.17, 15) is 4.79 Å². The monoisotopic (exact) mass is 454 g/mol. The highest BCUT2D eigenvalue weighted by atomic mass is 35.5. The molecule has 0 unspecified atom stereocenters. The van der Waals surface area contributed by atoms with Crippen LogP contribution in [-0.2, 0) is 14.6 Å². The predicted molar refractivity (Wildman–Crippen MR) is 116 cm³/mol. The number of nitrogens with one attached hydrogen (secondary N) is 1. The van der Waals surface area contributed by atoms with Gasteiger partial charge in [-0.05, 0) is 57.0 Å². The highest BCUT2D eigenvalue weighted by Crippen LogP contribution is 2.42. The molecule has 9 heteroatoms. The van der Waals surface area contributed by atoms with Gasteiger partial charge in [0.25, 0.3) is 0 Å². The summed E-state index contributed by atoms with van der Waals surface area (Å²) in [6, 6.07) is 10.8. The fourth-order valence-corrected chi connectivity index (χ4v) is 3.50. The first-order valence-corrected chi connectivity index (χ1v) is 10.4. The van der Waals surface area contributed by atoms with Crippen molar-refractivity contribution in [3.63, 3.8) is 0 Å². The maximum absolute atomic E-state index is 11.6. The zero-order valence-corrected chi connectivity index (χ0v) is 18.2. The maximum atomic E-state index is 11.6. The van der Waals surface area contributed by atoms with Crippen molar-refractivity contribution in [2.45, 2.75) is 37.2 Å². The van der Waals surface area contributed by atoms with Crippen molar-refractivity contribution in [3.8, 4) is 5.75 Å². The normalized spacial score (nSPS) is 14.8. The highest BCUT2D eigenvalue weighted by Gasteiger charge is 2.35. The number of amides is 1. The molecule has 2 aromatic carbocycles. The molecule has 154 valence electrons. The zero-order chi connectivity index (χ0) is 20.9. The highest BCUT2D eigenvalue weighted by molar-refractivity contribution is 7.94. The fraction of sp³-hybridized carbons (Fsp3) is 0.300. The second-order valence-electron chi connectivity index (χ2n) is 6.74. The summed E-state index contributed by atoms with van der Waals surface area (Å²) in [5, 5.41) is 7.63. The van der Waals surface area contributed by atoms with Crippen molar-refractivity contribution in [2.75, 3.05) is 11.9 Å². The minimum Gasteiger partial charge on any atom is -0.494 e. The number of hydrogen-bond donors (Lipinski definition) is 1. The largest absolute Gasteiger partial charge is 0.494 e. The van der Waals surface area contributed by atoms with Gasteiger partial charge in [0, 0.05) is 22.9 Å². The third-order valence-corrected chi connectivity index (χ3v) is 5.27. The third kappa shape index (κ3) is 5.95. The molecule has 0 radical (unpaired) electrons. The van der Waals surface area contributed by atoms with E-state index in [0.29, 0.717) is 34.5 Å². The molecule has 0 bridgehead atoms. The van der Waals surface area contributed by atoms with Crippen LogP contribution < -0.4 is 10.1 Å². The van der Waals surface area contributed by atoms with E-state index in [0.717, 1.165) is 28.9 Å². The van der Waals surface area contributed by atoms with Gasteiger partial charge in [-0.15, -0.1) is 0 Å². The van der Waals surface area contributed by atoms with Crippen LogP contribution in [0, 0.1) is 0 Å². The molecule has 1 N–H and O–H groups in total. The summed E-state index contributed by atoms with van der Waals surface area (Å²) in [6.07, 6.45) is 2.63. The van der Waals surface area contributed by atoms with Crippen molar-refractivity contribution in [2.24, 2.45) is 5.16 Å². The summed E-state index contributed by atoms with van der Waals surface area (Å²) in [4.78, 5) is 12.6. The van der Waals surface area contributed by atoms with E-state index in [1.54, 1.807) is 24.4 Å². The Labute approximate surface area is 183 Å². The molecule has 3 rings (SSSR count). The molecule has 2 aromatic rings. The first kappa shape index (κ1) is 21.6. The van der Waals surface area contributed by atoms with Crippen molar-refractivity contribution < 1.29 is 18.6 Å². The van der Waals surface area contributed by atoms with Crippen LogP contribution in [0.4, 0.5) is 10.5 Å².